The Hall–Kier alpha value is -3.12. The molecule has 2 aromatic carbocycles. The third-order valence-corrected chi connectivity index (χ3v) is 8.81. The fourth-order valence-corrected chi connectivity index (χ4v) is 6.41. The van der Waals surface area contributed by atoms with Gasteiger partial charge in [-0.1, -0.05) is 48.4 Å². The van der Waals surface area contributed by atoms with Crippen LogP contribution >= 0.6 is 0 Å². The second-order valence-electron chi connectivity index (χ2n) is 11.3. The van der Waals surface area contributed by atoms with Gasteiger partial charge in [0.1, 0.15) is 12.2 Å². The van der Waals surface area contributed by atoms with Gasteiger partial charge in [-0.2, -0.15) is 0 Å². The molecule has 1 aliphatic carbocycles. The molecule has 1 spiro atoms. The average Bonchev–Trinajstić information content (AvgIpc) is 3.29. The highest BCUT2D eigenvalue weighted by Crippen LogP contribution is 2.48. The van der Waals surface area contributed by atoms with Crippen LogP contribution in [0.3, 0.4) is 0 Å². The van der Waals surface area contributed by atoms with Gasteiger partial charge in [0.2, 0.25) is 5.91 Å². The lowest BCUT2D eigenvalue weighted by Crippen LogP contribution is -2.61. The molecule has 1 saturated carbocycles. The van der Waals surface area contributed by atoms with Crippen LogP contribution in [-0.2, 0) is 11.3 Å². The maximum atomic E-state index is 13.5. The molecule has 6 heteroatoms. The molecule has 2 aliphatic heterocycles. The molecule has 3 aromatic rings. The number of fused-ring (bicyclic) bond motifs is 1. The van der Waals surface area contributed by atoms with Gasteiger partial charge in [-0.25, -0.2) is 0 Å². The van der Waals surface area contributed by atoms with Crippen LogP contribution in [0.15, 0.2) is 54.6 Å². The Morgan fingerprint density at radius 3 is 2.53 bits per heavy atom. The molecule has 188 valence electrons. The summed E-state index contributed by atoms with van der Waals surface area (Å²) >= 11 is 0. The van der Waals surface area contributed by atoms with E-state index in [0.29, 0.717) is 24.2 Å². The molecule has 1 N–H and O–H groups in total. The summed E-state index contributed by atoms with van der Waals surface area (Å²) in [6, 6.07) is 18.3. The Labute approximate surface area is 213 Å². The number of hydrogen-bond donors (Lipinski definition) is 1. The Morgan fingerprint density at radius 1 is 1.03 bits per heavy atom. The van der Waals surface area contributed by atoms with Gasteiger partial charge in [0.05, 0.1) is 6.04 Å². The first kappa shape index (κ1) is 23.3. The minimum absolute atomic E-state index is 0.0162. The molecule has 1 aromatic heterocycles. The number of hydrogen-bond acceptors (Lipinski definition) is 3. The standard InChI is InChI=1S/C30H36N4O2/c1-22-8-9-26-24(16-22)17-27(31-26)29(36)33-20-25(19-32-14-12-30(13-15-32)10-5-11-30)34(28(35)21-33)18-23-6-3-2-4-7-23/h2-4,6-9,16-17,25,31H,5,10-15,18-21H2,1H3/t25-/m0/s1. The highest BCUT2D eigenvalue weighted by atomic mass is 16.2. The molecular weight excluding hydrogens is 448 g/mol. The number of nitrogens with one attached hydrogen (secondary N) is 1. The molecule has 2 amide bonds. The minimum atomic E-state index is -0.0892. The summed E-state index contributed by atoms with van der Waals surface area (Å²) in [5.74, 6) is -0.0588. The zero-order chi connectivity index (χ0) is 24.7. The summed E-state index contributed by atoms with van der Waals surface area (Å²) in [6.45, 7) is 6.35. The Kier molecular flexibility index (Phi) is 6.08. The van der Waals surface area contributed by atoms with Gasteiger partial charge in [-0.15, -0.1) is 0 Å². The molecule has 6 nitrogen and oxygen atoms in total. The maximum absolute atomic E-state index is 13.5. The van der Waals surface area contributed by atoms with E-state index >= 15 is 0 Å². The van der Waals surface area contributed by atoms with E-state index in [1.54, 1.807) is 4.90 Å². The molecule has 3 heterocycles. The Balaban J connectivity index is 1.21. The van der Waals surface area contributed by atoms with Crippen LogP contribution in [0.5, 0.6) is 0 Å². The number of aromatic amines is 1. The van der Waals surface area contributed by atoms with Gasteiger partial charge >= 0.3 is 0 Å². The second-order valence-corrected chi connectivity index (χ2v) is 11.3. The van der Waals surface area contributed by atoms with E-state index in [-0.39, 0.29) is 24.4 Å². The van der Waals surface area contributed by atoms with E-state index in [9.17, 15) is 9.59 Å². The van der Waals surface area contributed by atoms with Crippen molar-refractivity contribution in [2.45, 2.75) is 51.6 Å². The van der Waals surface area contributed by atoms with Gasteiger partial charge < -0.3 is 19.7 Å². The van der Waals surface area contributed by atoms with Gasteiger partial charge in [-0.05, 0) is 74.9 Å². The normalized spacial score (nSPS) is 22.2. The van der Waals surface area contributed by atoms with Crippen molar-refractivity contribution in [3.05, 3.63) is 71.4 Å². The maximum Gasteiger partial charge on any atom is 0.270 e. The smallest absolute Gasteiger partial charge is 0.270 e. The third kappa shape index (κ3) is 4.55. The van der Waals surface area contributed by atoms with Crippen molar-refractivity contribution < 1.29 is 9.59 Å². The Morgan fingerprint density at radius 2 is 1.81 bits per heavy atom. The van der Waals surface area contributed by atoms with E-state index in [1.165, 1.54) is 32.1 Å². The lowest BCUT2D eigenvalue weighted by Gasteiger charge is -2.49. The molecular formula is C30H36N4O2. The molecule has 3 aliphatic rings. The number of aryl methyl sites for hydroxylation is 1. The molecule has 3 fully saturated rings. The van der Waals surface area contributed by atoms with Crippen molar-refractivity contribution in [1.29, 1.82) is 0 Å². The number of aromatic nitrogens is 1. The quantitative estimate of drug-likeness (QED) is 0.576. The molecule has 6 rings (SSSR count). The van der Waals surface area contributed by atoms with Crippen molar-refractivity contribution >= 4 is 22.7 Å². The highest BCUT2D eigenvalue weighted by molar-refractivity contribution is 6.00. The monoisotopic (exact) mass is 484 g/mol. The molecule has 0 radical (unpaired) electrons. The van der Waals surface area contributed by atoms with E-state index in [0.717, 1.165) is 41.7 Å². The van der Waals surface area contributed by atoms with E-state index in [4.69, 9.17) is 0 Å². The summed E-state index contributed by atoms with van der Waals surface area (Å²) in [4.78, 5) is 36.6. The predicted molar refractivity (Wildman–Crippen MR) is 142 cm³/mol. The fraction of sp³-hybridized carbons (Fsp3) is 0.467. The summed E-state index contributed by atoms with van der Waals surface area (Å²) in [5.41, 5.74) is 4.40. The number of H-pyrrole nitrogens is 1. The van der Waals surface area contributed by atoms with Crippen LogP contribution in [0.4, 0.5) is 0 Å². The van der Waals surface area contributed by atoms with Gasteiger partial charge in [0.25, 0.3) is 5.91 Å². The largest absolute Gasteiger partial charge is 0.351 e. The summed E-state index contributed by atoms with van der Waals surface area (Å²) < 4.78 is 0. The van der Waals surface area contributed by atoms with Crippen LogP contribution in [0.2, 0.25) is 0 Å². The van der Waals surface area contributed by atoms with Crippen molar-refractivity contribution in [3.8, 4) is 0 Å². The van der Waals surface area contributed by atoms with E-state index in [2.05, 4.69) is 35.0 Å². The highest BCUT2D eigenvalue weighted by Gasteiger charge is 2.41. The number of carbonyl (C=O) groups excluding carboxylic acids is 2. The van der Waals surface area contributed by atoms with Crippen LogP contribution in [-0.4, -0.2) is 70.3 Å². The number of amides is 2. The lowest BCUT2D eigenvalue weighted by molar-refractivity contribution is -0.140. The van der Waals surface area contributed by atoms with E-state index in [1.807, 2.05) is 41.3 Å². The predicted octanol–water partition coefficient (Wildman–Crippen LogP) is 4.60. The first-order valence-corrected chi connectivity index (χ1v) is 13.4. The molecule has 0 bridgehead atoms. The van der Waals surface area contributed by atoms with Gasteiger partial charge in [-0.3, -0.25) is 9.59 Å². The molecule has 2 saturated heterocycles. The van der Waals surface area contributed by atoms with Crippen molar-refractivity contribution in [1.82, 2.24) is 19.7 Å². The topological polar surface area (TPSA) is 59.7 Å². The SMILES string of the molecule is Cc1ccc2[nH]c(C(=O)N3CC(=O)N(Cc4ccccc4)[C@@H](CN4CCC5(CCC5)CC4)C3)cc2c1. The van der Waals surface area contributed by atoms with Crippen molar-refractivity contribution in [2.75, 3.05) is 32.7 Å². The van der Waals surface area contributed by atoms with Crippen LogP contribution < -0.4 is 0 Å². The van der Waals surface area contributed by atoms with Crippen molar-refractivity contribution in [3.63, 3.8) is 0 Å². The number of likely N-dealkylation sites (tertiary alicyclic amines) is 1. The molecule has 1 atom stereocenters. The zero-order valence-corrected chi connectivity index (χ0v) is 21.2. The number of piperazine rings is 1. The number of nitrogens with zero attached hydrogens (tertiary/aromatic N) is 3. The zero-order valence-electron chi connectivity index (χ0n) is 21.2. The number of rotatable bonds is 5. The first-order valence-electron chi connectivity index (χ1n) is 13.4. The van der Waals surface area contributed by atoms with Gasteiger partial charge in [0, 0.05) is 30.5 Å². The summed E-state index contributed by atoms with van der Waals surface area (Å²) in [7, 11) is 0. The second kappa shape index (κ2) is 9.40. The lowest BCUT2D eigenvalue weighted by atomic mass is 9.63. The Bertz CT molecular complexity index is 1250. The molecule has 0 unspecified atom stereocenters. The van der Waals surface area contributed by atoms with Crippen LogP contribution in [0.1, 0.15) is 53.7 Å². The fourth-order valence-electron chi connectivity index (χ4n) is 6.41. The van der Waals surface area contributed by atoms with Crippen molar-refractivity contribution in [2.24, 2.45) is 5.41 Å². The number of piperidine rings is 1. The summed E-state index contributed by atoms with van der Waals surface area (Å²) in [5, 5.41) is 1.03. The van der Waals surface area contributed by atoms with Gasteiger partial charge in [0.15, 0.2) is 0 Å². The summed E-state index contributed by atoms with van der Waals surface area (Å²) in [6.07, 6.45) is 6.68. The van der Waals surface area contributed by atoms with Crippen LogP contribution in [0.25, 0.3) is 10.9 Å². The average molecular weight is 485 g/mol. The van der Waals surface area contributed by atoms with Crippen LogP contribution in [0, 0.1) is 12.3 Å². The first-order chi connectivity index (χ1) is 17.5. The number of benzene rings is 2. The van der Waals surface area contributed by atoms with E-state index < -0.39 is 0 Å². The third-order valence-electron chi connectivity index (χ3n) is 8.81. The molecule has 36 heavy (non-hydrogen) atoms. The minimum Gasteiger partial charge on any atom is -0.351 e. The number of carbonyl (C=O) groups is 2.